The lowest BCUT2D eigenvalue weighted by Gasteiger charge is -2.31. The number of carbonyl (C=O) groups is 1. The largest absolute Gasteiger partial charge is 0.368 e. The van der Waals surface area contributed by atoms with E-state index < -0.39 is 5.82 Å². The van der Waals surface area contributed by atoms with E-state index in [9.17, 15) is 9.18 Å². The summed E-state index contributed by atoms with van der Waals surface area (Å²) in [5, 5.41) is 2.86. The molecule has 4 nitrogen and oxygen atoms in total. The molecule has 1 aliphatic carbocycles. The fraction of sp³-hybridized carbons (Fsp3) is 0.625. The van der Waals surface area contributed by atoms with Crippen LogP contribution in [-0.2, 0) is 0 Å². The highest BCUT2D eigenvalue weighted by molar-refractivity contribution is 5.95. The number of halogens is 1. The number of amides is 1. The molecule has 5 heteroatoms. The average molecular weight is 291 g/mol. The SMILES string of the molecule is CCNc1nccc(C(=O)N2CCC3CCCCC32)c1F. The third-order valence-electron chi connectivity index (χ3n) is 4.73. The van der Waals surface area contributed by atoms with E-state index in [1.54, 1.807) is 0 Å². The Balaban J connectivity index is 1.83. The number of anilines is 1. The normalized spacial score (nSPS) is 24.8. The van der Waals surface area contributed by atoms with Crippen LogP contribution in [-0.4, -0.2) is 34.9 Å². The number of aromatic nitrogens is 1. The molecule has 2 aliphatic rings. The molecule has 21 heavy (non-hydrogen) atoms. The van der Waals surface area contributed by atoms with Crippen LogP contribution < -0.4 is 5.32 Å². The lowest BCUT2D eigenvalue weighted by molar-refractivity contribution is 0.0685. The van der Waals surface area contributed by atoms with Crippen LogP contribution in [0, 0.1) is 11.7 Å². The lowest BCUT2D eigenvalue weighted by atomic mass is 9.85. The first-order chi connectivity index (χ1) is 10.2. The predicted molar refractivity (Wildman–Crippen MR) is 79.8 cm³/mol. The number of hydrogen-bond donors (Lipinski definition) is 1. The molecule has 1 aromatic heterocycles. The molecular formula is C16H22FN3O. The predicted octanol–water partition coefficient (Wildman–Crippen LogP) is 3.06. The van der Waals surface area contributed by atoms with Crippen molar-refractivity contribution in [2.75, 3.05) is 18.4 Å². The van der Waals surface area contributed by atoms with Gasteiger partial charge in [-0.25, -0.2) is 9.37 Å². The molecule has 1 aromatic rings. The van der Waals surface area contributed by atoms with Gasteiger partial charge in [0.1, 0.15) is 0 Å². The van der Waals surface area contributed by atoms with Crippen molar-refractivity contribution in [2.45, 2.75) is 45.1 Å². The summed E-state index contributed by atoms with van der Waals surface area (Å²) < 4.78 is 14.4. The molecule has 1 amide bonds. The minimum Gasteiger partial charge on any atom is -0.368 e. The van der Waals surface area contributed by atoms with E-state index in [0.29, 0.717) is 18.5 Å². The highest BCUT2D eigenvalue weighted by Gasteiger charge is 2.39. The summed E-state index contributed by atoms with van der Waals surface area (Å²) in [4.78, 5) is 18.6. The van der Waals surface area contributed by atoms with Gasteiger partial charge in [0.05, 0.1) is 5.56 Å². The third kappa shape index (κ3) is 2.61. The van der Waals surface area contributed by atoms with Crippen molar-refractivity contribution in [3.05, 3.63) is 23.6 Å². The number of nitrogens with one attached hydrogen (secondary N) is 1. The second-order valence-corrected chi connectivity index (χ2v) is 5.95. The molecule has 1 N–H and O–H groups in total. The summed E-state index contributed by atoms with van der Waals surface area (Å²) >= 11 is 0. The van der Waals surface area contributed by atoms with E-state index >= 15 is 0 Å². The van der Waals surface area contributed by atoms with E-state index in [1.807, 2.05) is 11.8 Å². The fourth-order valence-electron chi connectivity index (χ4n) is 3.71. The molecule has 0 radical (unpaired) electrons. The summed E-state index contributed by atoms with van der Waals surface area (Å²) in [5.74, 6) is 0.0793. The lowest BCUT2D eigenvalue weighted by Crippen LogP contribution is -2.39. The van der Waals surface area contributed by atoms with Crippen LogP contribution >= 0.6 is 0 Å². The standard InChI is InChI=1S/C16H22FN3O/c1-2-18-15-14(17)12(7-9-19-15)16(21)20-10-8-11-5-3-4-6-13(11)20/h7,9,11,13H,2-6,8,10H2,1H3,(H,18,19). The number of pyridine rings is 1. The van der Waals surface area contributed by atoms with Crippen molar-refractivity contribution in [3.8, 4) is 0 Å². The monoisotopic (exact) mass is 291 g/mol. The molecule has 2 fully saturated rings. The van der Waals surface area contributed by atoms with Crippen LogP contribution in [0.1, 0.15) is 49.4 Å². The second kappa shape index (κ2) is 6.00. The Kier molecular flexibility index (Phi) is 4.08. The van der Waals surface area contributed by atoms with Crippen molar-refractivity contribution < 1.29 is 9.18 Å². The zero-order valence-corrected chi connectivity index (χ0v) is 12.4. The summed E-state index contributed by atoms with van der Waals surface area (Å²) in [6.45, 7) is 3.21. The molecule has 2 atom stereocenters. The minimum absolute atomic E-state index is 0.146. The molecule has 1 saturated carbocycles. The summed E-state index contributed by atoms with van der Waals surface area (Å²) in [5.41, 5.74) is 0.146. The summed E-state index contributed by atoms with van der Waals surface area (Å²) in [6.07, 6.45) is 7.26. The Bertz CT molecular complexity index is 534. The topological polar surface area (TPSA) is 45.2 Å². The van der Waals surface area contributed by atoms with E-state index in [0.717, 1.165) is 19.4 Å². The first-order valence-corrected chi connectivity index (χ1v) is 7.91. The maximum absolute atomic E-state index is 14.4. The highest BCUT2D eigenvalue weighted by Crippen LogP contribution is 2.37. The molecule has 1 saturated heterocycles. The zero-order chi connectivity index (χ0) is 14.8. The highest BCUT2D eigenvalue weighted by atomic mass is 19.1. The smallest absolute Gasteiger partial charge is 0.257 e. The van der Waals surface area contributed by atoms with Crippen LogP contribution in [0.2, 0.25) is 0 Å². The Morgan fingerprint density at radius 1 is 1.43 bits per heavy atom. The van der Waals surface area contributed by atoms with Crippen molar-refractivity contribution in [1.82, 2.24) is 9.88 Å². The number of fused-ring (bicyclic) bond motifs is 1. The summed E-state index contributed by atoms with van der Waals surface area (Å²) in [7, 11) is 0. The zero-order valence-electron chi connectivity index (χ0n) is 12.4. The van der Waals surface area contributed by atoms with E-state index in [2.05, 4.69) is 10.3 Å². The molecule has 0 spiro atoms. The van der Waals surface area contributed by atoms with Gasteiger partial charge in [-0.2, -0.15) is 0 Å². The molecule has 0 bridgehead atoms. The van der Waals surface area contributed by atoms with Crippen LogP contribution in [0.3, 0.4) is 0 Å². The van der Waals surface area contributed by atoms with Crippen LogP contribution in [0.15, 0.2) is 12.3 Å². The van der Waals surface area contributed by atoms with Gasteiger partial charge in [-0.05, 0) is 38.2 Å². The Labute approximate surface area is 124 Å². The van der Waals surface area contributed by atoms with Gasteiger partial charge >= 0.3 is 0 Å². The fourth-order valence-corrected chi connectivity index (χ4v) is 3.71. The van der Waals surface area contributed by atoms with Crippen molar-refractivity contribution in [2.24, 2.45) is 5.92 Å². The van der Waals surface area contributed by atoms with Crippen molar-refractivity contribution in [1.29, 1.82) is 0 Å². The van der Waals surface area contributed by atoms with Crippen LogP contribution in [0.25, 0.3) is 0 Å². The third-order valence-corrected chi connectivity index (χ3v) is 4.73. The quantitative estimate of drug-likeness (QED) is 0.931. The molecule has 1 aliphatic heterocycles. The maximum atomic E-state index is 14.4. The first kappa shape index (κ1) is 14.3. The van der Waals surface area contributed by atoms with Crippen LogP contribution in [0.5, 0.6) is 0 Å². The molecular weight excluding hydrogens is 269 g/mol. The number of nitrogens with zero attached hydrogens (tertiary/aromatic N) is 2. The van der Waals surface area contributed by atoms with Gasteiger partial charge in [0.25, 0.3) is 5.91 Å². The van der Waals surface area contributed by atoms with Crippen molar-refractivity contribution >= 4 is 11.7 Å². The van der Waals surface area contributed by atoms with E-state index in [4.69, 9.17) is 0 Å². The van der Waals surface area contributed by atoms with E-state index in [1.165, 1.54) is 31.5 Å². The average Bonchev–Trinajstić information content (AvgIpc) is 2.93. The first-order valence-electron chi connectivity index (χ1n) is 7.91. The van der Waals surface area contributed by atoms with Gasteiger partial charge in [0, 0.05) is 25.3 Å². The molecule has 0 aromatic carbocycles. The number of likely N-dealkylation sites (tertiary alicyclic amines) is 1. The van der Waals surface area contributed by atoms with Crippen LogP contribution in [0.4, 0.5) is 10.2 Å². The van der Waals surface area contributed by atoms with Gasteiger partial charge in [-0.15, -0.1) is 0 Å². The Morgan fingerprint density at radius 3 is 3.05 bits per heavy atom. The maximum Gasteiger partial charge on any atom is 0.257 e. The Hall–Kier alpha value is -1.65. The van der Waals surface area contributed by atoms with Gasteiger partial charge in [-0.3, -0.25) is 4.79 Å². The minimum atomic E-state index is -0.524. The van der Waals surface area contributed by atoms with Gasteiger partial charge in [-0.1, -0.05) is 12.8 Å². The number of carbonyl (C=O) groups excluding carboxylic acids is 1. The van der Waals surface area contributed by atoms with Gasteiger partial charge < -0.3 is 10.2 Å². The molecule has 2 unspecified atom stereocenters. The molecule has 3 rings (SSSR count). The number of rotatable bonds is 3. The molecule has 114 valence electrons. The van der Waals surface area contributed by atoms with Gasteiger partial charge in [0.15, 0.2) is 11.6 Å². The summed E-state index contributed by atoms with van der Waals surface area (Å²) in [6, 6.07) is 1.80. The Morgan fingerprint density at radius 2 is 2.24 bits per heavy atom. The second-order valence-electron chi connectivity index (χ2n) is 5.95. The molecule has 2 heterocycles. The van der Waals surface area contributed by atoms with Crippen molar-refractivity contribution in [3.63, 3.8) is 0 Å². The van der Waals surface area contributed by atoms with E-state index in [-0.39, 0.29) is 17.3 Å². The number of hydrogen-bond acceptors (Lipinski definition) is 3. The van der Waals surface area contributed by atoms with Gasteiger partial charge in [0.2, 0.25) is 0 Å².